The van der Waals surface area contributed by atoms with E-state index in [1.165, 1.54) is 5.56 Å². The maximum absolute atomic E-state index is 5.88. The quantitative estimate of drug-likeness (QED) is 0.812. The summed E-state index contributed by atoms with van der Waals surface area (Å²) in [5.74, 6) is 0. The average molecular weight is 278 g/mol. The van der Waals surface area contributed by atoms with E-state index in [-0.39, 0.29) is 0 Å². The molecule has 1 aromatic carbocycles. The van der Waals surface area contributed by atoms with Gasteiger partial charge in [-0.1, -0.05) is 17.7 Å². The van der Waals surface area contributed by atoms with Crippen LogP contribution in [0.1, 0.15) is 12.0 Å². The molecule has 0 aliphatic rings. The van der Waals surface area contributed by atoms with Crippen LogP contribution in [0.2, 0.25) is 5.02 Å². The minimum absolute atomic E-state index is 0.733. The zero-order valence-electron chi connectivity index (χ0n) is 7.89. The minimum atomic E-state index is 0.733. The zero-order valence-corrected chi connectivity index (χ0v) is 10.2. The third-order valence-electron chi connectivity index (χ3n) is 1.87. The second kappa shape index (κ2) is 6.40. The SMILES string of the molecule is NCCCNCc1ccc(Cl)c(Br)c1. The Hall–Kier alpha value is -0.0900. The van der Waals surface area contributed by atoms with Crippen molar-refractivity contribution in [2.24, 2.45) is 5.73 Å². The molecule has 0 aromatic heterocycles. The van der Waals surface area contributed by atoms with Gasteiger partial charge in [0.25, 0.3) is 0 Å². The van der Waals surface area contributed by atoms with Crippen LogP contribution in [-0.2, 0) is 6.54 Å². The van der Waals surface area contributed by atoms with Gasteiger partial charge in [0, 0.05) is 11.0 Å². The summed E-state index contributed by atoms with van der Waals surface area (Å²) in [6, 6.07) is 5.94. The molecule has 14 heavy (non-hydrogen) atoms. The molecular weight excluding hydrogens is 263 g/mol. The molecule has 0 fully saturated rings. The molecule has 0 bridgehead atoms. The Kier molecular flexibility index (Phi) is 5.48. The van der Waals surface area contributed by atoms with Gasteiger partial charge in [-0.05, 0) is 53.1 Å². The topological polar surface area (TPSA) is 38.0 Å². The van der Waals surface area contributed by atoms with Gasteiger partial charge in [-0.25, -0.2) is 0 Å². The Bertz CT molecular complexity index is 291. The van der Waals surface area contributed by atoms with Crippen LogP contribution in [0.3, 0.4) is 0 Å². The molecule has 0 spiro atoms. The summed E-state index contributed by atoms with van der Waals surface area (Å²) >= 11 is 9.27. The van der Waals surface area contributed by atoms with Crippen molar-refractivity contribution in [2.75, 3.05) is 13.1 Å². The lowest BCUT2D eigenvalue weighted by Crippen LogP contribution is -2.17. The molecule has 0 amide bonds. The third kappa shape index (κ3) is 3.96. The van der Waals surface area contributed by atoms with E-state index in [2.05, 4.69) is 21.2 Å². The van der Waals surface area contributed by atoms with Crippen LogP contribution in [0.5, 0.6) is 0 Å². The van der Waals surface area contributed by atoms with E-state index < -0.39 is 0 Å². The van der Waals surface area contributed by atoms with Gasteiger partial charge in [0.1, 0.15) is 0 Å². The van der Waals surface area contributed by atoms with Crippen LogP contribution >= 0.6 is 27.5 Å². The molecule has 78 valence electrons. The molecule has 1 aromatic rings. The lowest BCUT2D eigenvalue weighted by atomic mass is 10.2. The van der Waals surface area contributed by atoms with E-state index in [1.54, 1.807) is 0 Å². The van der Waals surface area contributed by atoms with Crippen molar-refractivity contribution in [3.05, 3.63) is 33.3 Å². The maximum atomic E-state index is 5.88. The smallest absolute Gasteiger partial charge is 0.0548 e. The fourth-order valence-corrected chi connectivity index (χ4v) is 1.65. The number of nitrogens with one attached hydrogen (secondary N) is 1. The highest BCUT2D eigenvalue weighted by Gasteiger charge is 1.98. The summed E-state index contributed by atoms with van der Waals surface area (Å²) in [4.78, 5) is 0. The third-order valence-corrected chi connectivity index (χ3v) is 3.08. The Labute approximate surface area is 98.0 Å². The first kappa shape index (κ1) is 12.0. The summed E-state index contributed by atoms with van der Waals surface area (Å²) < 4.78 is 0.942. The van der Waals surface area contributed by atoms with E-state index in [0.29, 0.717) is 0 Å². The predicted molar refractivity (Wildman–Crippen MR) is 64.5 cm³/mol. The van der Waals surface area contributed by atoms with Crippen LogP contribution in [-0.4, -0.2) is 13.1 Å². The first-order valence-corrected chi connectivity index (χ1v) is 5.76. The van der Waals surface area contributed by atoms with Crippen LogP contribution in [0.15, 0.2) is 22.7 Å². The Morgan fingerprint density at radius 2 is 2.21 bits per heavy atom. The molecule has 2 nitrogen and oxygen atoms in total. The highest BCUT2D eigenvalue weighted by molar-refractivity contribution is 9.10. The Morgan fingerprint density at radius 1 is 1.43 bits per heavy atom. The summed E-state index contributed by atoms with van der Waals surface area (Å²) in [6.45, 7) is 2.55. The second-order valence-electron chi connectivity index (χ2n) is 3.07. The van der Waals surface area contributed by atoms with Gasteiger partial charge in [-0.2, -0.15) is 0 Å². The number of benzene rings is 1. The van der Waals surface area contributed by atoms with Crippen LogP contribution in [0, 0.1) is 0 Å². The molecule has 0 aliphatic heterocycles. The highest BCUT2D eigenvalue weighted by atomic mass is 79.9. The highest BCUT2D eigenvalue weighted by Crippen LogP contribution is 2.22. The molecule has 3 N–H and O–H groups in total. The molecule has 0 saturated carbocycles. The fourth-order valence-electron chi connectivity index (χ4n) is 1.11. The summed E-state index contributed by atoms with van der Waals surface area (Å²) in [5, 5.41) is 4.05. The number of rotatable bonds is 5. The number of hydrogen-bond acceptors (Lipinski definition) is 2. The van der Waals surface area contributed by atoms with Gasteiger partial charge in [-0.15, -0.1) is 0 Å². The first-order valence-electron chi connectivity index (χ1n) is 4.58. The Morgan fingerprint density at radius 3 is 2.86 bits per heavy atom. The van der Waals surface area contributed by atoms with Crippen LogP contribution in [0.25, 0.3) is 0 Å². The lowest BCUT2D eigenvalue weighted by Gasteiger charge is -2.05. The molecule has 0 unspecified atom stereocenters. The largest absolute Gasteiger partial charge is 0.330 e. The van der Waals surface area contributed by atoms with Gasteiger partial charge in [-0.3, -0.25) is 0 Å². The van der Waals surface area contributed by atoms with E-state index in [1.807, 2.05) is 18.2 Å². The number of hydrogen-bond donors (Lipinski definition) is 2. The lowest BCUT2D eigenvalue weighted by molar-refractivity contribution is 0.655. The van der Waals surface area contributed by atoms with Crippen molar-refractivity contribution < 1.29 is 0 Å². The average Bonchev–Trinajstić information content (AvgIpc) is 2.18. The van der Waals surface area contributed by atoms with Gasteiger partial charge in [0.05, 0.1) is 5.02 Å². The standard InChI is InChI=1S/C10H14BrClN2/c11-9-6-8(2-3-10(9)12)7-14-5-1-4-13/h2-3,6,14H,1,4-5,7,13H2. The zero-order chi connectivity index (χ0) is 10.4. The van der Waals surface area contributed by atoms with Gasteiger partial charge < -0.3 is 11.1 Å². The van der Waals surface area contributed by atoms with Crippen molar-refractivity contribution in [1.29, 1.82) is 0 Å². The molecular formula is C10H14BrClN2. The van der Waals surface area contributed by atoms with E-state index in [9.17, 15) is 0 Å². The van der Waals surface area contributed by atoms with Crippen molar-refractivity contribution in [3.8, 4) is 0 Å². The Balaban J connectivity index is 2.39. The minimum Gasteiger partial charge on any atom is -0.330 e. The number of nitrogens with two attached hydrogens (primary N) is 1. The molecule has 0 aliphatic carbocycles. The monoisotopic (exact) mass is 276 g/mol. The summed E-state index contributed by atoms with van der Waals surface area (Å²) in [6.07, 6.45) is 1.01. The molecule has 0 atom stereocenters. The van der Waals surface area contributed by atoms with Crippen LogP contribution in [0.4, 0.5) is 0 Å². The van der Waals surface area contributed by atoms with Crippen molar-refractivity contribution in [2.45, 2.75) is 13.0 Å². The number of halogens is 2. The molecule has 0 heterocycles. The van der Waals surface area contributed by atoms with Gasteiger partial charge in [0.15, 0.2) is 0 Å². The normalized spacial score (nSPS) is 10.5. The fraction of sp³-hybridized carbons (Fsp3) is 0.400. The van der Waals surface area contributed by atoms with Gasteiger partial charge >= 0.3 is 0 Å². The van der Waals surface area contributed by atoms with E-state index in [4.69, 9.17) is 17.3 Å². The molecule has 0 radical (unpaired) electrons. The summed E-state index contributed by atoms with van der Waals surface area (Å²) in [5.41, 5.74) is 6.61. The molecule has 0 saturated heterocycles. The molecule has 1 rings (SSSR count). The van der Waals surface area contributed by atoms with Crippen LogP contribution < -0.4 is 11.1 Å². The van der Waals surface area contributed by atoms with Gasteiger partial charge in [0.2, 0.25) is 0 Å². The molecule has 4 heteroatoms. The van der Waals surface area contributed by atoms with Crippen molar-refractivity contribution in [1.82, 2.24) is 5.32 Å². The van der Waals surface area contributed by atoms with Crippen molar-refractivity contribution >= 4 is 27.5 Å². The maximum Gasteiger partial charge on any atom is 0.0548 e. The summed E-state index contributed by atoms with van der Waals surface area (Å²) in [7, 11) is 0. The predicted octanol–water partition coefficient (Wildman–Crippen LogP) is 2.54. The first-order chi connectivity index (χ1) is 6.74. The van der Waals surface area contributed by atoms with E-state index >= 15 is 0 Å². The second-order valence-corrected chi connectivity index (χ2v) is 4.33. The van der Waals surface area contributed by atoms with E-state index in [0.717, 1.165) is 35.6 Å². The van der Waals surface area contributed by atoms with Crippen molar-refractivity contribution in [3.63, 3.8) is 0 Å².